The Balaban J connectivity index is 2.32. The molecule has 5 heteroatoms. The van der Waals surface area contributed by atoms with Crippen LogP contribution in [0.1, 0.15) is 52.9 Å². The Kier molecular flexibility index (Phi) is 4.59. The minimum atomic E-state index is -0.857. The fourth-order valence-electron chi connectivity index (χ4n) is 2.08. The highest BCUT2D eigenvalue weighted by Crippen LogP contribution is 2.34. The summed E-state index contributed by atoms with van der Waals surface area (Å²) in [5.74, 6) is -0.857. The van der Waals surface area contributed by atoms with E-state index in [1.807, 2.05) is 0 Å². The van der Waals surface area contributed by atoms with Gasteiger partial charge in [0, 0.05) is 6.54 Å². The maximum Gasteiger partial charge on any atom is 0.315 e. The van der Waals surface area contributed by atoms with Crippen molar-refractivity contribution < 1.29 is 14.7 Å². The predicted octanol–water partition coefficient (Wildman–Crippen LogP) is 2.12. The Labute approximate surface area is 108 Å². The van der Waals surface area contributed by atoms with Gasteiger partial charge in [-0.2, -0.15) is 0 Å². The number of aliphatic carboxylic acids is 1. The van der Waals surface area contributed by atoms with E-state index in [-0.39, 0.29) is 17.9 Å². The van der Waals surface area contributed by atoms with Crippen molar-refractivity contribution >= 4 is 12.0 Å². The Morgan fingerprint density at radius 2 is 1.89 bits per heavy atom. The molecule has 3 N–H and O–H groups in total. The van der Waals surface area contributed by atoms with Crippen LogP contribution in [0.5, 0.6) is 0 Å². The standard InChI is InChI=1S/C13H24N2O3/c1-12(2,3)7-8-14-11(18)15-13(5-4-6-13)9-10(16)17/h4-9H2,1-3H3,(H,16,17)(H2,14,15,18). The molecule has 0 aromatic rings. The lowest BCUT2D eigenvalue weighted by atomic mass is 9.74. The van der Waals surface area contributed by atoms with Crippen molar-refractivity contribution in [3.63, 3.8) is 0 Å². The molecule has 0 bridgehead atoms. The molecule has 1 aliphatic rings. The third-order valence-electron chi connectivity index (χ3n) is 3.34. The van der Waals surface area contributed by atoms with Crippen LogP contribution in [0.4, 0.5) is 4.79 Å². The average molecular weight is 256 g/mol. The summed E-state index contributed by atoms with van der Waals surface area (Å²) < 4.78 is 0. The van der Waals surface area contributed by atoms with Crippen LogP contribution in [-0.2, 0) is 4.79 Å². The summed E-state index contributed by atoms with van der Waals surface area (Å²) >= 11 is 0. The third-order valence-corrected chi connectivity index (χ3v) is 3.34. The predicted molar refractivity (Wildman–Crippen MR) is 69.4 cm³/mol. The zero-order valence-electron chi connectivity index (χ0n) is 11.5. The molecule has 0 atom stereocenters. The van der Waals surface area contributed by atoms with Crippen molar-refractivity contribution in [2.45, 2.75) is 58.4 Å². The van der Waals surface area contributed by atoms with Crippen LogP contribution in [0, 0.1) is 5.41 Å². The Morgan fingerprint density at radius 1 is 1.28 bits per heavy atom. The van der Waals surface area contributed by atoms with Crippen LogP contribution in [0.2, 0.25) is 0 Å². The quantitative estimate of drug-likeness (QED) is 0.705. The molecule has 0 aliphatic heterocycles. The lowest BCUT2D eigenvalue weighted by Gasteiger charge is -2.41. The lowest BCUT2D eigenvalue weighted by Crippen LogP contribution is -2.57. The van der Waals surface area contributed by atoms with Crippen molar-refractivity contribution in [1.29, 1.82) is 0 Å². The molecular formula is C13H24N2O3. The molecule has 1 saturated carbocycles. The smallest absolute Gasteiger partial charge is 0.315 e. The van der Waals surface area contributed by atoms with Crippen molar-refractivity contribution in [2.24, 2.45) is 5.41 Å². The Bertz CT molecular complexity index is 317. The van der Waals surface area contributed by atoms with Gasteiger partial charge in [-0.25, -0.2) is 4.79 Å². The van der Waals surface area contributed by atoms with Gasteiger partial charge in [0.25, 0.3) is 0 Å². The first-order valence-corrected chi connectivity index (χ1v) is 6.50. The molecule has 0 spiro atoms. The van der Waals surface area contributed by atoms with E-state index in [1.165, 1.54) is 0 Å². The van der Waals surface area contributed by atoms with E-state index < -0.39 is 11.5 Å². The summed E-state index contributed by atoms with van der Waals surface area (Å²) in [6.45, 7) is 6.96. The summed E-state index contributed by atoms with van der Waals surface area (Å²) in [6.07, 6.45) is 3.40. The SMILES string of the molecule is CC(C)(C)CCNC(=O)NC1(CC(=O)O)CCC1. The van der Waals surface area contributed by atoms with Crippen LogP contribution in [0.25, 0.3) is 0 Å². The minimum absolute atomic E-state index is 0.0136. The monoisotopic (exact) mass is 256 g/mol. The molecule has 18 heavy (non-hydrogen) atoms. The average Bonchev–Trinajstić information content (AvgIpc) is 2.11. The highest BCUT2D eigenvalue weighted by Gasteiger charge is 2.40. The summed E-state index contributed by atoms with van der Waals surface area (Å²) in [5.41, 5.74) is -0.333. The van der Waals surface area contributed by atoms with Gasteiger partial charge in [0.05, 0.1) is 12.0 Å². The number of carboxylic acids is 1. The van der Waals surface area contributed by atoms with E-state index >= 15 is 0 Å². The molecule has 0 aromatic heterocycles. The minimum Gasteiger partial charge on any atom is -0.481 e. The molecule has 1 fully saturated rings. The Morgan fingerprint density at radius 3 is 2.28 bits per heavy atom. The second-order valence-electron chi connectivity index (χ2n) is 6.40. The number of carbonyl (C=O) groups excluding carboxylic acids is 1. The van der Waals surface area contributed by atoms with Gasteiger partial charge in [-0.15, -0.1) is 0 Å². The van der Waals surface area contributed by atoms with E-state index in [2.05, 4.69) is 31.4 Å². The normalized spacial score (nSPS) is 17.7. The van der Waals surface area contributed by atoms with E-state index in [1.54, 1.807) is 0 Å². The maximum atomic E-state index is 11.7. The third kappa shape index (κ3) is 4.94. The fourth-order valence-corrected chi connectivity index (χ4v) is 2.08. The first-order chi connectivity index (χ1) is 8.22. The summed E-state index contributed by atoms with van der Waals surface area (Å²) in [4.78, 5) is 22.5. The van der Waals surface area contributed by atoms with Crippen LogP contribution in [-0.4, -0.2) is 29.2 Å². The molecule has 0 heterocycles. The summed E-state index contributed by atoms with van der Waals surface area (Å²) in [6, 6.07) is -0.250. The zero-order chi connectivity index (χ0) is 13.8. The fraction of sp³-hybridized carbons (Fsp3) is 0.846. The van der Waals surface area contributed by atoms with Gasteiger partial charge in [-0.3, -0.25) is 4.79 Å². The van der Waals surface area contributed by atoms with Crippen molar-refractivity contribution in [3.8, 4) is 0 Å². The van der Waals surface area contributed by atoms with Crippen LogP contribution < -0.4 is 10.6 Å². The van der Waals surface area contributed by atoms with Gasteiger partial charge < -0.3 is 15.7 Å². The Hall–Kier alpha value is -1.26. The largest absolute Gasteiger partial charge is 0.481 e. The van der Waals surface area contributed by atoms with Gasteiger partial charge in [0.1, 0.15) is 0 Å². The number of nitrogens with one attached hydrogen (secondary N) is 2. The van der Waals surface area contributed by atoms with Gasteiger partial charge in [-0.05, 0) is 31.1 Å². The highest BCUT2D eigenvalue weighted by atomic mass is 16.4. The molecule has 0 aromatic carbocycles. The zero-order valence-corrected chi connectivity index (χ0v) is 11.5. The first kappa shape index (κ1) is 14.8. The molecule has 104 valence electrons. The van der Waals surface area contributed by atoms with Crippen molar-refractivity contribution in [1.82, 2.24) is 10.6 Å². The van der Waals surface area contributed by atoms with Crippen LogP contribution in [0.15, 0.2) is 0 Å². The molecule has 1 rings (SSSR count). The molecule has 0 saturated heterocycles. The lowest BCUT2D eigenvalue weighted by molar-refractivity contribution is -0.139. The number of hydrogen-bond donors (Lipinski definition) is 3. The van der Waals surface area contributed by atoms with Gasteiger partial charge in [0.2, 0.25) is 0 Å². The van der Waals surface area contributed by atoms with Gasteiger partial charge in [-0.1, -0.05) is 20.8 Å². The summed E-state index contributed by atoms with van der Waals surface area (Å²) in [5, 5.41) is 14.4. The molecule has 0 radical (unpaired) electrons. The topological polar surface area (TPSA) is 78.4 Å². The van der Waals surface area contributed by atoms with Crippen molar-refractivity contribution in [3.05, 3.63) is 0 Å². The number of rotatable bonds is 5. The number of carbonyl (C=O) groups is 2. The van der Waals surface area contributed by atoms with E-state index in [0.717, 1.165) is 25.7 Å². The van der Waals surface area contributed by atoms with Crippen LogP contribution >= 0.6 is 0 Å². The second kappa shape index (κ2) is 5.59. The number of carboxylic acid groups (broad SMARTS) is 1. The van der Waals surface area contributed by atoms with E-state index in [9.17, 15) is 9.59 Å². The molecule has 2 amide bonds. The molecule has 1 aliphatic carbocycles. The number of hydrogen-bond acceptors (Lipinski definition) is 2. The van der Waals surface area contributed by atoms with Crippen molar-refractivity contribution in [2.75, 3.05) is 6.54 Å². The molecule has 0 unspecified atom stereocenters. The first-order valence-electron chi connectivity index (χ1n) is 6.50. The number of amides is 2. The highest BCUT2D eigenvalue weighted by molar-refractivity contribution is 5.77. The van der Waals surface area contributed by atoms with Gasteiger partial charge in [0.15, 0.2) is 0 Å². The maximum absolute atomic E-state index is 11.7. The van der Waals surface area contributed by atoms with E-state index in [0.29, 0.717) is 6.54 Å². The number of urea groups is 1. The van der Waals surface area contributed by atoms with Gasteiger partial charge >= 0.3 is 12.0 Å². The van der Waals surface area contributed by atoms with E-state index in [4.69, 9.17) is 5.11 Å². The molecular weight excluding hydrogens is 232 g/mol. The molecule has 5 nitrogen and oxygen atoms in total. The van der Waals surface area contributed by atoms with Crippen LogP contribution in [0.3, 0.4) is 0 Å². The second-order valence-corrected chi connectivity index (χ2v) is 6.40. The summed E-state index contributed by atoms with van der Waals surface area (Å²) in [7, 11) is 0.